The van der Waals surface area contributed by atoms with E-state index in [4.69, 9.17) is 15.3 Å². The van der Waals surface area contributed by atoms with Crippen molar-refractivity contribution in [3.8, 4) is 11.5 Å². The number of amidine groups is 1. The Labute approximate surface area is 310 Å². The predicted octanol–water partition coefficient (Wildman–Crippen LogP) is 3.75. The van der Waals surface area contributed by atoms with Crippen LogP contribution in [0.2, 0.25) is 0 Å². The molecular weight excluding hydrogens is 708 g/mol. The van der Waals surface area contributed by atoms with Crippen LogP contribution in [0, 0.1) is 5.92 Å². The molecule has 6 N–H and O–H groups in total. The lowest BCUT2D eigenvalue weighted by Crippen LogP contribution is -2.76. The molecule has 0 radical (unpaired) electrons. The SMILES string of the molecule is C=C(C)[C@@H]1CCC(C)=C[C@H]1c1c(O)cc(CCCCC)cc1OCN(C)C1[C@H](NC(=O)/C(=N\OC(C)(C)C(=O)O)C2=CCC(N)=N2)C(=O)N1S(=O)(=O)O. The van der Waals surface area contributed by atoms with E-state index in [1.807, 2.05) is 19.9 Å². The fourth-order valence-corrected chi connectivity index (χ4v) is 7.37. The highest BCUT2D eigenvalue weighted by Gasteiger charge is 2.56. The molecule has 4 atom stereocenters. The number of allylic oxidation sites excluding steroid dienone is 3. The number of aliphatic carboxylic acids is 1. The quantitative estimate of drug-likeness (QED) is 0.0291. The fourth-order valence-electron chi connectivity index (χ4n) is 6.48. The van der Waals surface area contributed by atoms with Crippen LogP contribution in [-0.4, -0.2) is 93.3 Å². The number of nitrogens with two attached hydrogens (primary N) is 1. The number of hydrogen-bond donors (Lipinski definition) is 5. The van der Waals surface area contributed by atoms with Crippen molar-refractivity contribution in [2.24, 2.45) is 21.8 Å². The lowest BCUT2D eigenvalue weighted by Gasteiger charge is -2.47. The highest BCUT2D eigenvalue weighted by atomic mass is 32.2. The molecule has 1 aromatic carbocycles. The van der Waals surface area contributed by atoms with E-state index < -0.39 is 51.6 Å². The maximum atomic E-state index is 13.6. The van der Waals surface area contributed by atoms with Crippen molar-refractivity contribution in [3.05, 3.63) is 58.8 Å². The van der Waals surface area contributed by atoms with Gasteiger partial charge >= 0.3 is 16.3 Å². The van der Waals surface area contributed by atoms with E-state index >= 15 is 0 Å². The number of ether oxygens (including phenoxy) is 1. The van der Waals surface area contributed by atoms with E-state index in [0.29, 0.717) is 17.7 Å². The van der Waals surface area contributed by atoms with Gasteiger partial charge in [0.2, 0.25) is 5.60 Å². The molecule has 1 saturated heterocycles. The number of phenols is 1. The number of likely N-dealkylation sites (N-methyl/N-ethyl adjacent to an activating group) is 1. The molecule has 0 saturated carbocycles. The molecule has 53 heavy (non-hydrogen) atoms. The van der Waals surface area contributed by atoms with E-state index in [9.17, 15) is 37.6 Å². The number of unbranched alkanes of at least 4 members (excludes halogenated alkanes) is 2. The molecule has 2 amide bonds. The Balaban J connectivity index is 1.66. The summed E-state index contributed by atoms with van der Waals surface area (Å²) in [6.07, 6.45) is 7.50. The number of aromatic hydroxyl groups is 1. The summed E-state index contributed by atoms with van der Waals surface area (Å²) in [5.74, 6) is -3.29. The molecular formula is C36H50N6O10S. The maximum absolute atomic E-state index is 13.6. The van der Waals surface area contributed by atoms with Gasteiger partial charge in [-0.3, -0.25) is 19.0 Å². The van der Waals surface area contributed by atoms with Crippen molar-refractivity contribution >= 4 is 39.6 Å². The molecule has 17 heteroatoms. The average Bonchev–Trinajstić information content (AvgIpc) is 3.49. The molecule has 16 nitrogen and oxygen atoms in total. The standard InChI is InChI=1S/C36H50N6O10S/c1-8-9-10-11-22-17-26(43)29(24-16-21(4)12-13-23(24)20(2)3)27(18-22)51-19-41(7)33-31(34(45)42(33)53(48,49)50)39-32(44)30(25-14-15-28(37)38-25)40-52-36(5,6)35(46)47/h14,16-18,23-24,31,33,43H,2,8-13,15,19H2,1,3-7H3,(H2,37,38)(H,39,44)(H,46,47)(H,48,49,50)/b40-30-/t23-,24+,31-,33?/m0/s1. The van der Waals surface area contributed by atoms with Gasteiger partial charge in [0.1, 0.15) is 36.3 Å². The second-order valence-electron chi connectivity index (χ2n) is 14.3. The first kappa shape index (κ1) is 41.0. The number of aryl methyl sites for hydroxylation is 1. The number of β-lactam (4-membered cyclic amide) rings is 1. The number of phenolic OH excluding ortho intramolecular Hbond substituents is 1. The van der Waals surface area contributed by atoms with Gasteiger partial charge < -0.3 is 30.8 Å². The molecule has 0 bridgehead atoms. The molecule has 1 aliphatic carbocycles. The van der Waals surface area contributed by atoms with Gasteiger partial charge in [0.25, 0.3) is 11.8 Å². The molecule has 2 heterocycles. The van der Waals surface area contributed by atoms with Crippen molar-refractivity contribution < 1.29 is 47.1 Å². The summed E-state index contributed by atoms with van der Waals surface area (Å²) in [4.78, 5) is 48.9. The smallest absolute Gasteiger partial charge is 0.363 e. The Morgan fingerprint density at radius 3 is 2.55 bits per heavy atom. The lowest BCUT2D eigenvalue weighted by molar-refractivity contribution is -0.161. The third kappa shape index (κ3) is 9.44. The van der Waals surface area contributed by atoms with E-state index in [1.165, 1.54) is 31.9 Å². The van der Waals surface area contributed by atoms with Crippen LogP contribution in [0.15, 0.2) is 57.9 Å². The van der Waals surface area contributed by atoms with Crippen molar-refractivity contribution in [2.75, 3.05) is 13.8 Å². The first-order chi connectivity index (χ1) is 24.8. The Kier molecular flexibility index (Phi) is 12.8. The Morgan fingerprint density at radius 2 is 1.96 bits per heavy atom. The second kappa shape index (κ2) is 16.5. The first-order valence-corrected chi connectivity index (χ1v) is 18.8. The number of hydrogen-bond acceptors (Lipinski definition) is 12. The van der Waals surface area contributed by atoms with Gasteiger partial charge in [0, 0.05) is 17.9 Å². The summed E-state index contributed by atoms with van der Waals surface area (Å²) in [6.45, 7) is 12.3. The minimum atomic E-state index is -5.11. The number of carbonyl (C=O) groups excluding carboxylic acids is 2. The number of amides is 2. The first-order valence-electron chi connectivity index (χ1n) is 17.4. The summed E-state index contributed by atoms with van der Waals surface area (Å²) < 4.78 is 41.3. The molecule has 3 aliphatic rings. The van der Waals surface area contributed by atoms with E-state index in [-0.39, 0.29) is 46.6 Å². The molecule has 1 fully saturated rings. The molecule has 0 spiro atoms. The number of carboxylic acids is 1. The summed E-state index contributed by atoms with van der Waals surface area (Å²) in [7, 11) is -3.68. The molecule has 2 aliphatic heterocycles. The highest BCUT2D eigenvalue weighted by molar-refractivity contribution is 7.84. The zero-order valence-electron chi connectivity index (χ0n) is 31.0. The fraction of sp³-hybridized carbons (Fsp3) is 0.528. The number of nitrogens with one attached hydrogen (secondary N) is 1. The summed E-state index contributed by atoms with van der Waals surface area (Å²) in [5.41, 5.74) is 6.83. The van der Waals surface area contributed by atoms with Gasteiger partial charge in [-0.15, -0.1) is 0 Å². The summed E-state index contributed by atoms with van der Waals surface area (Å²) >= 11 is 0. The minimum Gasteiger partial charge on any atom is -0.507 e. The molecule has 1 aromatic rings. The van der Waals surface area contributed by atoms with Gasteiger partial charge in [0.15, 0.2) is 5.71 Å². The number of benzene rings is 1. The number of oxime groups is 1. The molecule has 4 rings (SSSR count). The number of carboxylic acid groups (broad SMARTS) is 1. The van der Waals surface area contributed by atoms with Gasteiger partial charge in [-0.25, -0.2) is 9.79 Å². The van der Waals surface area contributed by atoms with Crippen LogP contribution in [0.3, 0.4) is 0 Å². The third-order valence-corrected chi connectivity index (χ3v) is 10.4. The Bertz CT molecular complexity index is 1870. The summed E-state index contributed by atoms with van der Waals surface area (Å²) in [6, 6.07) is 2.03. The topological polar surface area (TPSA) is 234 Å². The zero-order valence-corrected chi connectivity index (χ0v) is 31.8. The number of rotatable bonds is 17. The number of carbonyl (C=O) groups is 3. The highest BCUT2D eigenvalue weighted by Crippen LogP contribution is 2.47. The Hall–Kier alpha value is -4.74. The predicted molar refractivity (Wildman–Crippen MR) is 197 cm³/mol. The monoisotopic (exact) mass is 758 g/mol. The summed E-state index contributed by atoms with van der Waals surface area (Å²) in [5, 5.41) is 27.1. The third-order valence-electron chi connectivity index (χ3n) is 9.50. The van der Waals surface area contributed by atoms with Crippen molar-refractivity contribution in [2.45, 2.75) is 103 Å². The van der Waals surface area contributed by atoms with E-state index in [0.717, 1.165) is 48.8 Å². The largest absolute Gasteiger partial charge is 0.507 e. The van der Waals surface area contributed by atoms with Gasteiger partial charge in [-0.2, -0.15) is 12.7 Å². The van der Waals surface area contributed by atoms with Crippen LogP contribution in [0.4, 0.5) is 0 Å². The van der Waals surface area contributed by atoms with Crippen LogP contribution in [0.1, 0.15) is 90.2 Å². The molecule has 1 unspecified atom stereocenters. The molecule has 0 aromatic heterocycles. The van der Waals surface area contributed by atoms with Crippen LogP contribution in [0.5, 0.6) is 11.5 Å². The number of nitrogens with zero attached hydrogens (tertiary/aromatic N) is 4. The van der Waals surface area contributed by atoms with Crippen LogP contribution < -0.4 is 15.8 Å². The normalized spacial score (nSPS) is 22.1. The lowest BCUT2D eigenvalue weighted by atomic mass is 9.73. The van der Waals surface area contributed by atoms with Gasteiger partial charge in [-0.1, -0.05) is 48.7 Å². The second-order valence-corrected chi connectivity index (χ2v) is 15.6. The van der Waals surface area contributed by atoms with Crippen molar-refractivity contribution in [3.63, 3.8) is 0 Å². The number of aliphatic imine (C=N–C) groups is 1. The van der Waals surface area contributed by atoms with Crippen molar-refractivity contribution in [1.29, 1.82) is 0 Å². The average molecular weight is 759 g/mol. The Morgan fingerprint density at radius 1 is 1.26 bits per heavy atom. The minimum absolute atomic E-state index is 0.0186. The maximum Gasteiger partial charge on any atom is 0.363 e. The van der Waals surface area contributed by atoms with Crippen molar-refractivity contribution in [1.82, 2.24) is 14.5 Å². The van der Waals surface area contributed by atoms with Crippen LogP contribution in [0.25, 0.3) is 0 Å². The van der Waals surface area contributed by atoms with Crippen LogP contribution >= 0.6 is 0 Å². The van der Waals surface area contributed by atoms with Gasteiger partial charge in [0.05, 0.1) is 5.70 Å². The van der Waals surface area contributed by atoms with E-state index in [1.54, 1.807) is 6.07 Å². The molecule has 290 valence electrons. The zero-order chi connectivity index (χ0) is 39.4. The van der Waals surface area contributed by atoms with E-state index in [2.05, 4.69) is 35.0 Å². The van der Waals surface area contributed by atoms with Crippen LogP contribution in [-0.2, 0) is 35.9 Å². The van der Waals surface area contributed by atoms with Gasteiger partial charge in [-0.05, 0) is 90.1 Å².